The zero-order chi connectivity index (χ0) is 29.1. The van der Waals surface area contributed by atoms with E-state index in [0.29, 0.717) is 54.2 Å². The Morgan fingerprint density at radius 2 is 1.77 bits per heavy atom. The van der Waals surface area contributed by atoms with Gasteiger partial charge in [-0.15, -0.1) is 0 Å². The van der Waals surface area contributed by atoms with Crippen molar-refractivity contribution in [3.8, 4) is 23.0 Å². The summed E-state index contributed by atoms with van der Waals surface area (Å²) in [7, 11) is 4.51. The highest BCUT2D eigenvalue weighted by Gasteiger charge is 2.34. The molecule has 2 aromatic carbocycles. The molecule has 0 fully saturated rings. The van der Waals surface area contributed by atoms with Gasteiger partial charge in [-0.05, 0) is 69.7 Å². The molecule has 3 aromatic rings. The lowest BCUT2D eigenvalue weighted by molar-refractivity contribution is -0.139. The molecule has 2 heterocycles. The highest BCUT2D eigenvalue weighted by molar-refractivity contribution is 7.07. The normalized spacial score (nSPS) is 15.0. The third-order valence-electron chi connectivity index (χ3n) is 6.14. The number of fused-ring (bicyclic) bond motifs is 1. The van der Waals surface area contributed by atoms with Crippen LogP contribution in [-0.2, 0) is 9.53 Å². The summed E-state index contributed by atoms with van der Waals surface area (Å²) in [5.74, 6) is 1.17. The lowest BCUT2D eigenvalue weighted by Crippen LogP contribution is -2.40. The van der Waals surface area contributed by atoms with E-state index < -0.39 is 12.0 Å². The number of benzene rings is 2. The van der Waals surface area contributed by atoms with E-state index in [1.165, 1.54) is 37.2 Å². The predicted molar refractivity (Wildman–Crippen MR) is 154 cm³/mol. The van der Waals surface area contributed by atoms with Crippen LogP contribution in [0.1, 0.15) is 44.9 Å². The molecule has 0 saturated carbocycles. The van der Waals surface area contributed by atoms with Crippen LogP contribution in [0.4, 0.5) is 0 Å². The fourth-order valence-electron chi connectivity index (χ4n) is 4.50. The average molecular weight is 587 g/mol. The highest BCUT2D eigenvalue weighted by Crippen LogP contribution is 2.42. The van der Waals surface area contributed by atoms with Crippen molar-refractivity contribution >= 4 is 35.0 Å². The first kappa shape index (κ1) is 29.2. The Morgan fingerprint density at radius 1 is 1.10 bits per heavy atom. The van der Waals surface area contributed by atoms with Gasteiger partial charge in [-0.1, -0.05) is 22.9 Å². The quantitative estimate of drug-likeness (QED) is 0.346. The van der Waals surface area contributed by atoms with Crippen molar-refractivity contribution in [3.63, 3.8) is 0 Å². The monoisotopic (exact) mass is 586 g/mol. The summed E-state index contributed by atoms with van der Waals surface area (Å²) in [6.45, 7) is 7.45. The molecule has 212 valence electrons. The predicted octanol–water partition coefficient (Wildman–Crippen LogP) is 4.26. The molecule has 0 saturated heterocycles. The van der Waals surface area contributed by atoms with E-state index in [-0.39, 0.29) is 23.8 Å². The SMILES string of the molecule is CCOC(=O)C1=C(C)N=c2s/c(=C/c3cc(Cl)ccc3OC(C)C)c(=O)n2[C@H]1c1cc(OC)c(OC)c(OC)c1. The Kier molecular flexibility index (Phi) is 8.90. The molecule has 0 spiro atoms. The molecule has 40 heavy (non-hydrogen) atoms. The first-order valence-electron chi connectivity index (χ1n) is 12.6. The van der Waals surface area contributed by atoms with E-state index in [9.17, 15) is 9.59 Å². The Hall–Kier alpha value is -3.76. The molecule has 0 unspecified atom stereocenters. The van der Waals surface area contributed by atoms with Gasteiger partial charge in [0.05, 0.1) is 55.9 Å². The number of esters is 1. The zero-order valence-electron chi connectivity index (χ0n) is 23.4. The highest BCUT2D eigenvalue weighted by atomic mass is 35.5. The maximum absolute atomic E-state index is 14.0. The second kappa shape index (κ2) is 12.2. The van der Waals surface area contributed by atoms with Gasteiger partial charge >= 0.3 is 5.97 Å². The Labute approximate surface area is 240 Å². The first-order chi connectivity index (χ1) is 19.1. The maximum atomic E-state index is 14.0. The number of ether oxygens (including phenoxy) is 5. The molecule has 0 aliphatic carbocycles. The summed E-state index contributed by atoms with van der Waals surface area (Å²) in [5, 5.41) is 0.505. The van der Waals surface area contributed by atoms with Gasteiger partial charge in [0.1, 0.15) is 5.75 Å². The van der Waals surface area contributed by atoms with Gasteiger partial charge < -0.3 is 23.7 Å². The molecule has 1 aliphatic rings. The number of methoxy groups -OCH3 is 3. The Bertz CT molecular complexity index is 1630. The summed E-state index contributed by atoms with van der Waals surface area (Å²) in [6.07, 6.45) is 1.65. The van der Waals surface area contributed by atoms with Crippen molar-refractivity contribution in [2.45, 2.75) is 39.8 Å². The number of carbonyl (C=O) groups excluding carboxylic acids is 1. The van der Waals surface area contributed by atoms with E-state index in [1.807, 2.05) is 13.8 Å². The Balaban J connectivity index is 2.02. The molecular formula is C29H31ClN2O7S. The second-order valence-corrected chi connectivity index (χ2v) is 10.6. The van der Waals surface area contributed by atoms with E-state index >= 15 is 0 Å². The Morgan fingerprint density at radius 3 is 2.35 bits per heavy atom. The molecule has 0 bridgehead atoms. The molecule has 0 amide bonds. The molecule has 0 radical (unpaired) electrons. The van der Waals surface area contributed by atoms with E-state index in [0.717, 1.165) is 0 Å². The van der Waals surface area contributed by atoms with Crippen LogP contribution >= 0.6 is 22.9 Å². The topological polar surface area (TPSA) is 97.6 Å². The molecule has 1 atom stereocenters. The van der Waals surface area contributed by atoms with Crippen molar-refractivity contribution in [1.82, 2.24) is 4.57 Å². The lowest BCUT2D eigenvalue weighted by Gasteiger charge is -2.26. The zero-order valence-corrected chi connectivity index (χ0v) is 24.9. The number of allylic oxidation sites excluding steroid dienone is 1. The van der Waals surface area contributed by atoms with Crippen LogP contribution in [0, 0.1) is 0 Å². The molecule has 4 rings (SSSR count). The third-order valence-corrected chi connectivity index (χ3v) is 7.36. The fraction of sp³-hybridized carbons (Fsp3) is 0.345. The van der Waals surface area contributed by atoms with Gasteiger partial charge in [-0.3, -0.25) is 9.36 Å². The minimum Gasteiger partial charge on any atom is -0.493 e. The molecule has 1 aromatic heterocycles. The number of halogens is 1. The first-order valence-corrected chi connectivity index (χ1v) is 13.8. The maximum Gasteiger partial charge on any atom is 0.338 e. The van der Waals surface area contributed by atoms with Crippen LogP contribution in [-0.4, -0.2) is 44.6 Å². The number of rotatable bonds is 9. The number of thiazole rings is 1. The molecule has 0 N–H and O–H groups in total. The molecular weight excluding hydrogens is 556 g/mol. The van der Waals surface area contributed by atoms with Crippen molar-refractivity contribution in [2.75, 3.05) is 27.9 Å². The lowest BCUT2D eigenvalue weighted by atomic mass is 9.95. The van der Waals surface area contributed by atoms with Gasteiger partial charge in [0, 0.05) is 10.6 Å². The van der Waals surface area contributed by atoms with Crippen LogP contribution in [0.3, 0.4) is 0 Å². The van der Waals surface area contributed by atoms with Gasteiger partial charge in [0.15, 0.2) is 16.3 Å². The van der Waals surface area contributed by atoms with Crippen molar-refractivity contribution < 1.29 is 28.5 Å². The number of hydrogen-bond donors (Lipinski definition) is 0. The number of carbonyl (C=O) groups is 1. The summed E-state index contributed by atoms with van der Waals surface area (Å²) in [4.78, 5) is 32.3. The summed E-state index contributed by atoms with van der Waals surface area (Å²) >= 11 is 7.49. The largest absolute Gasteiger partial charge is 0.493 e. The van der Waals surface area contributed by atoms with Crippen LogP contribution in [0.5, 0.6) is 23.0 Å². The van der Waals surface area contributed by atoms with E-state index in [4.69, 9.17) is 35.3 Å². The van der Waals surface area contributed by atoms with Crippen molar-refractivity contribution in [2.24, 2.45) is 4.99 Å². The molecule has 9 nitrogen and oxygen atoms in total. The minimum absolute atomic E-state index is 0.0793. The third kappa shape index (κ3) is 5.59. The van der Waals surface area contributed by atoms with Crippen LogP contribution in [0.25, 0.3) is 6.08 Å². The number of nitrogens with zero attached hydrogens (tertiary/aromatic N) is 2. The summed E-state index contributed by atoms with van der Waals surface area (Å²) < 4.78 is 29.8. The van der Waals surface area contributed by atoms with Gasteiger partial charge in [0.25, 0.3) is 5.56 Å². The minimum atomic E-state index is -0.864. The second-order valence-electron chi connectivity index (χ2n) is 9.11. The summed E-state index contributed by atoms with van der Waals surface area (Å²) in [6, 6.07) is 7.81. The number of hydrogen-bond acceptors (Lipinski definition) is 9. The summed E-state index contributed by atoms with van der Waals surface area (Å²) in [5.41, 5.74) is 1.55. The molecule has 1 aliphatic heterocycles. The standard InChI is InChI=1S/C29H31ClN2O7S/c1-8-38-28(34)24-16(4)31-29-32(25(24)18-12-21(35-5)26(37-7)22(13-18)36-6)27(33)23(40-29)14-17-11-19(30)9-10-20(17)39-15(2)3/h9-15,25H,8H2,1-7H3/b23-14+/t25-/m0/s1. The van der Waals surface area contributed by atoms with Crippen LogP contribution in [0.15, 0.2) is 51.4 Å². The van der Waals surface area contributed by atoms with E-state index in [2.05, 4.69) is 4.99 Å². The smallest absolute Gasteiger partial charge is 0.338 e. The van der Waals surface area contributed by atoms with Gasteiger partial charge in [0.2, 0.25) is 5.75 Å². The van der Waals surface area contributed by atoms with Crippen LogP contribution in [0.2, 0.25) is 5.02 Å². The number of aromatic nitrogens is 1. The van der Waals surface area contributed by atoms with Gasteiger partial charge in [-0.25, -0.2) is 9.79 Å². The van der Waals surface area contributed by atoms with Crippen LogP contribution < -0.4 is 33.8 Å². The molecule has 11 heteroatoms. The average Bonchev–Trinajstić information content (AvgIpc) is 3.22. The van der Waals surface area contributed by atoms with Gasteiger partial charge in [-0.2, -0.15) is 0 Å². The van der Waals surface area contributed by atoms with E-state index in [1.54, 1.807) is 50.3 Å². The fourth-order valence-corrected chi connectivity index (χ4v) is 5.72. The van der Waals surface area contributed by atoms with Crippen molar-refractivity contribution in [1.29, 1.82) is 0 Å². The van der Waals surface area contributed by atoms with Crippen molar-refractivity contribution in [3.05, 3.63) is 77.4 Å².